The van der Waals surface area contributed by atoms with Gasteiger partial charge in [0.2, 0.25) is 5.95 Å². The van der Waals surface area contributed by atoms with Gasteiger partial charge in [0.1, 0.15) is 0 Å². The molecule has 2 fully saturated rings. The Labute approximate surface area is 199 Å². The molecule has 1 aliphatic heterocycles. The molecule has 1 unspecified atom stereocenters. The maximum Gasteiger partial charge on any atom is 0.255 e. The molecule has 7 heteroatoms. The summed E-state index contributed by atoms with van der Waals surface area (Å²) in [6.07, 6.45) is 11.3. The average Bonchev–Trinajstić information content (AvgIpc) is 2.87. The molecule has 0 bridgehead atoms. The molecule has 1 saturated carbocycles. The fraction of sp³-hybridized carbons (Fsp3) is 0.444. The molecule has 1 N–H and O–H groups in total. The number of benzene rings is 1. The van der Waals surface area contributed by atoms with E-state index >= 15 is 0 Å². The molecule has 0 spiro atoms. The molecule has 34 heavy (non-hydrogen) atoms. The Morgan fingerprint density at radius 1 is 1.03 bits per heavy atom. The highest BCUT2D eigenvalue weighted by Gasteiger charge is 2.25. The van der Waals surface area contributed by atoms with Gasteiger partial charge in [0, 0.05) is 55.6 Å². The van der Waals surface area contributed by atoms with Crippen LogP contribution in [0.1, 0.15) is 56.4 Å². The molecule has 5 rings (SSSR count). The van der Waals surface area contributed by atoms with Crippen molar-refractivity contribution in [3.8, 4) is 11.3 Å². The van der Waals surface area contributed by atoms with Gasteiger partial charge >= 0.3 is 0 Å². The van der Waals surface area contributed by atoms with Crippen LogP contribution in [0.25, 0.3) is 11.3 Å². The SMILES string of the molecule is Cn1c(N2CCCC(c3ccc(NC4CCCCC4)cc3)C2)nc(-c2ccncc2F)cc1=O. The molecule has 1 atom stereocenters. The summed E-state index contributed by atoms with van der Waals surface area (Å²) in [4.78, 5) is 23.4. The normalized spacial score (nSPS) is 19.2. The molecule has 1 aromatic carbocycles. The van der Waals surface area contributed by atoms with E-state index in [1.807, 2.05) is 0 Å². The third-order valence-corrected chi connectivity index (χ3v) is 7.22. The maximum atomic E-state index is 14.3. The first-order chi connectivity index (χ1) is 16.6. The standard InChI is InChI=1S/C27H32FN5O/c1-32-26(34)16-25(23-13-14-29-17-24(23)28)31-27(32)33-15-5-6-20(18-33)19-9-11-22(12-10-19)30-21-7-3-2-4-8-21/h9-14,16-17,20-21,30H,2-8,15,18H2,1H3. The maximum absolute atomic E-state index is 14.3. The molecular formula is C27H32FN5O. The van der Waals surface area contributed by atoms with Crippen molar-refractivity contribution in [2.75, 3.05) is 23.3 Å². The van der Waals surface area contributed by atoms with Crippen molar-refractivity contribution in [2.24, 2.45) is 7.05 Å². The van der Waals surface area contributed by atoms with Crippen molar-refractivity contribution in [1.82, 2.24) is 14.5 Å². The predicted molar refractivity (Wildman–Crippen MR) is 134 cm³/mol. The second-order valence-electron chi connectivity index (χ2n) is 9.58. The molecule has 2 aromatic heterocycles. The van der Waals surface area contributed by atoms with Gasteiger partial charge in [0.15, 0.2) is 5.82 Å². The lowest BCUT2D eigenvalue weighted by atomic mass is 9.90. The van der Waals surface area contributed by atoms with Crippen LogP contribution in [0.2, 0.25) is 0 Å². The van der Waals surface area contributed by atoms with Crippen LogP contribution in [0.15, 0.2) is 53.6 Å². The van der Waals surface area contributed by atoms with E-state index in [0.29, 0.717) is 29.2 Å². The van der Waals surface area contributed by atoms with Crippen molar-refractivity contribution in [3.63, 3.8) is 0 Å². The molecule has 178 valence electrons. The molecule has 1 aliphatic carbocycles. The first-order valence-electron chi connectivity index (χ1n) is 12.4. The minimum Gasteiger partial charge on any atom is -0.382 e. The van der Waals surface area contributed by atoms with E-state index in [2.05, 4.69) is 39.5 Å². The summed E-state index contributed by atoms with van der Waals surface area (Å²) < 4.78 is 15.9. The van der Waals surface area contributed by atoms with Gasteiger partial charge in [-0.3, -0.25) is 14.3 Å². The quantitative estimate of drug-likeness (QED) is 0.572. The van der Waals surface area contributed by atoms with Gasteiger partial charge in [-0.2, -0.15) is 0 Å². The first kappa shape index (κ1) is 22.6. The smallest absolute Gasteiger partial charge is 0.255 e. The minimum absolute atomic E-state index is 0.198. The molecule has 1 saturated heterocycles. The number of nitrogens with one attached hydrogen (secondary N) is 1. The summed E-state index contributed by atoms with van der Waals surface area (Å²) in [5.74, 6) is 0.461. The average molecular weight is 462 g/mol. The Morgan fingerprint density at radius 3 is 2.59 bits per heavy atom. The number of hydrogen-bond acceptors (Lipinski definition) is 5. The largest absolute Gasteiger partial charge is 0.382 e. The third kappa shape index (κ3) is 4.83. The van der Waals surface area contributed by atoms with E-state index in [1.54, 1.807) is 17.7 Å². The lowest BCUT2D eigenvalue weighted by Crippen LogP contribution is -2.38. The van der Waals surface area contributed by atoms with Crippen molar-refractivity contribution >= 4 is 11.6 Å². The number of pyridine rings is 1. The Morgan fingerprint density at radius 2 is 1.82 bits per heavy atom. The van der Waals surface area contributed by atoms with Crippen LogP contribution in [0.3, 0.4) is 0 Å². The summed E-state index contributed by atoms with van der Waals surface area (Å²) in [5.41, 5.74) is 2.94. The van der Waals surface area contributed by atoms with Crippen molar-refractivity contribution in [3.05, 3.63) is 70.5 Å². The predicted octanol–water partition coefficient (Wildman–Crippen LogP) is 5.11. The number of halogens is 1. The van der Waals surface area contributed by atoms with Crippen molar-refractivity contribution < 1.29 is 4.39 Å². The second kappa shape index (κ2) is 9.95. The molecule has 2 aliphatic rings. The van der Waals surface area contributed by atoms with Crippen LogP contribution >= 0.6 is 0 Å². The topological polar surface area (TPSA) is 63.1 Å². The Kier molecular flexibility index (Phi) is 6.61. The summed E-state index contributed by atoms with van der Waals surface area (Å²) in [6, 6.07) is 12.4. The van der Waals surface area contributed by atoms with Gasteiger partial charge in [0.05, 0.1) is 11.9 Å². The van der Waals surface area contributed by atoms with Gasteiger partial charge in [0.25, 0.3) is 5.56 Å². The van der Waals surface area contributed by atoms with Crippen molar-refractivity contribution in [2.45, 2.75) is 56.9 Å². The number of piperidine rings is 1. The van der Waals surface area contributed by atoms with Crippen molar-refractivity contribution in [1.29, 1.82) is 0 Å². The van der Waals surface area contributed by atoms with E-state index in [-0.39, 0.29) is 5.56 Å². The minimum atomic E-state index is -0.479. The van der Waals surface area contributed by atoms with Crippen LogP contribution in [0.5, 0.6) is 0 Å². The Bertz CT molecular complexity index is 1190. The first-order valence-corrected chi connectivity index (χ1v) is 12.4. The Balaban J connectivity index is 1.34. The summed E-state index contributed by atoms with van der Waals surface area (Å²) in [7, 11) is 1.73. The van der Waals surface area contributed by atoms with Crippen LogP contribution in [-0.2, 0) is 7.05 Å². The van der Waals surface area contributed by atoms with Crippen LogP contribution in [0.4, 0.5) is 16.0 Å². The van der Waals surface area contributed by atoms with Gasteiger partial charge < -0.3 is 10.2 Å². The highest BCUT2D eigenvalue weighted by Crippen LogP contribution is 2.31. The zero-order chi connectivity index (χ0) is 23.5. The number of rotatable bonds is 5. The molecular weight excluding hydrogens is 429 g/mol. The van der Waals surface area contributed by atoms with Gasteiger partial charge in [-0.1, -0.05) is 31.4 Å². The molecule has 3 aromatic rings. The second-order valence-corrected chi connectivity index (χ2v) is 9.58. The highest BCUT2D eigenvalue weighted by molar-refractivity contribution is 5.60. The van der Waals surface area contributed by atoms with E-state index in [4.69, 9.17) is 4.98 Å². The number of anilines is 2. The summed E-state index contributed by atoms with van der Waals surface area (Å²) in [5, 5.41) is 3.69. The van der Waals surface area contributed by atoms with E-state index in [9.17, 15) is 9.18 Å². The summed E-state index contributed by atoms with van der Waals surface area (Å²) >= 11 is 0. The highest BCUT2D eigenvalue weighted by atomic mass is 19.1. The number of aromatic nitrogens is 3. The fourth-order valence-electron chi connectivity index (χ4n) is 5.30. The monoisotopic (exact) mass is 461 g/mol. The fourth-order valence-corrected chi connectivity index (χ4v) is 5.30. The van der Waals surface area contributed by atoms with Crippen LogP contribution in [-0.4, -0.2) is 33.7 Å². The molecule has 3 heterocycles. The van der Waals surface area contributed by atoms with E-state index in [0.717, 1.165) is 32.1 Å². The third-order valence-electron chi connectivity index (χ3n) is 7.22. The lowest BCUT2D eigenvalue weighted by molar-refractivity contribution is 0.462. The zero-order valence-corrected chi connectivity index (χ0v) is 19.7. The van der Waals surface area contributed by atoms with Gasteiger partial charge in [-0.25, -0.2) is 9.37 Å². The number of hydrogen-bond donors (Lipinski definition) is 1. The number of nitrogens with zero attached hydrogens (tertiary/aromatic N) is 4. The van der Waals surface area contributed by atoms with Gasteiger partial charge in [-0.05, 0) is 49.4 Å². The van der Waals surface area contributed by atoms with Gasteiger partial charge in [-0.15, -0.1) is 0 Å². The Hall–Kier alpha value is -3.22. The molecule has 0 amide bonds. The van der Waals surface area contributed by atoms with E-state index in [1.165, 1.54) is 55.6 Å². The zero-order valence-electron chi connectivity index (χ0n) is 19.7. The molecule has 0 radical (unpaired) electrons. The lowest BCUT2D eigenvalue weighted by Gasteiger charge is -2.34. The molecule has 6 nitrogen and oxygen atoms in total. The van der Waals surface area contributed by atoms with E-state index < -0.39 is 5.82 Å². The summed E-state index contributed by atoms with van der Waals surface area (Å²) in [6.45, 7) is 1.60. The van der Waals surface area contributed by atoms with Crippen LogP contribution < -0.4 is 15.8 Å². The van der Waals surface area contributed by atoms with Crippen LogP contribution in [0, 0.1) is 5.82 Å².